The van der Waals surface area contributed by atoms with Gasteiger partial charge in [0.25, 0.3) is 11.7 Å². The number of fused-ring (bicyclic) bond motifs is 1. The van der Waals surface area contributed by atoms with Crippen LogP contribution in [0.15, 0.2) is 40.9 Å². The predicted octanol–water partition coefficient (Wildman–Crippen LogP) is 1.38. The molecule has 3 rings (SSSR count). The first-order valence-corrected chi connectivity index (χ1v) is 8.16. The average molecular weight is 341 g/mol. The number of hydrogen-bond acceptors (Lipinski definition) is 7. The van der Waals surface area contributed by atoms with Crippen LogP contribution >= 0.6 is 11.8 Å². The van der Waals surface area contributed by atoms with Gasteiger partial charge in [-0.15, -0.1) is 5.10 Å². The number of hydrogen-bond donors (Lipinski definition) is 1. The minimum Gasteiger partial charge on any atom is -0.272 e. The quantitative estimate of drug-likeness (QED) is 0.428. The first-order chi connectivity index (χ1) is 11.6. The van der Waals surface area contributed by atoms with Gasteiger partial charge >= 0.3 is 0 Å². The van der Waals surface area contributed by atoms with Crippen molar-refractivity contribution in [3.8, 4) is 0 Å². The number of nitrogens with one attached hydrogen (secondary N) is 1. The van der Waals surface area contributed by atoms with E-state index in [9.17, 15) is 4.79 Å². The third kappa shape index (κ3) is 3.93. The average Bonchev–Trinajstić information content (AvgIpc) is 2.97. The number of carbonyl (C=O) groups is 1. The van der Waals surface area contributed by atoms with E-state index in [1.54, 1.807) is 35.3 Å². The highest BCUT2D eigenvalue weighted by atomic mass is 32.2. The zero-order valence-corrected chi connectivity index (χ0v) is 14.0. The van der Waals surface area contributed by atoms with Gasteiger partial charge in [-0.2, -0.15) is 10.1 Å². The van der Waals surface area contributed by atoms with Gasteiger partial charge in [-0.3, -0.25) is 9.78 Å². The van der Waals surface area contributed by atoms with Crippen molar-refractivity contribution < 1.29 is 4.79 Å². The molecule has 0 aliphatic heterocycles. The SMILES string of the molecule is Cc1cc(C)n2nc(SCC(=O)NN=Cc3ccncc3)nc2n1. The number of carbonyl (C=O) groups excluding carboxylic acids is 1. The van der Waals surface area contributed by atoms with Crippen LogP contribution in [0.2, 0.25) is 0 Å². The van der Waals surface area contributed by atoms with Crippen molar-refractivity contribution in [1.82, 2.24) is 30.0 Å². The van der Waals surface area contributed by atoms with Crippen LogP contribution in [0.4, 0.5) is 0 Å². The standard InChI is InChI=1S/C15H15N7OS/c1-10-7-11(2)22-14(18-10)19-15(21-22)24-9-13(23)20-17-8-12-3-5-16-6-4-12/h3-8H,9H2,1-2H3,(H,20,23). The zero-order valence-electron chi connectivity index (χ0n) is 13.2. The Morgan fingerprint density at radius 1 is 1.33 bits per heavy atom. The summed E-state index contributed by atoms with van der Waals surface area (Å²) in [6, 6.07) is 5.52. The van der Waals surface area contributed by atoms with Gasteiger partial charge in [0.2, 0.25) is 5.16 Å². The molecule has 0 bridgehead atoms. The van der Waals surface area contributed by atoms with Crippen LogP contribution in [0.25, 0.3) is 5.78 Å². The molecule has 0 saturated carbocycles. The van der Waals surface area contributed by atoms with Gasteiger partial charge in [-0.1, -0.05) is 11.8 Å². The number of thioether (sulfide) groups is 1. The second-order valence-electron chi connectivity index (χ2n) is 5.01. The second-order valence-corrected chi connectivity index (χ2v) is 5.95. The molecule has 8 nitrogen and oxygen atoms in total. The van der Waals surface area contributed by atoms with Crippen molar-refractivity contribution in [2.24, 2.45) is 5.10 Å². The Hall–Kier alpha value is -2.81. The van der Waals surface area contributed by atoms with E-state index in [0.29, 0.717) is 10.9 Å². The molecule has 9 heteroatoms. The summed E-state index contributed by atoms with van der Waals surface area (Å²) in [5, 5.41) is 8.74. The molecule has 0 unspecified atom stereocenters. The second kappa shape index (κ2) is 7.18. The minimum atomic E-state index is -0.231. The molecule has 3 aromatic rings. The third-order valence-corrected chi connectivity index (χ3v) is 3.88. The molecule has 122 valence electrons. The lowest BCUT2D eigenvalue weighted by Gasteiger charge is -1.97. The van der Waals surface area contributed by atoms with Crippen LogP contribution in [0.1, 0.15) is 17.0 Å². The molecule has 0 radical (unpaired) electrons. The van der Waals surface area contributed by atoms with Crippen molar-refractivity contribution in [2.45, 2.75) is 19.0 Å². The maximum atomic E-state index is 11.8. The summed E-state index contributed by atoms with van der Waals surface area (Å²) >= 11 is 1.24. The van der Waals surface area contributed by atoms with E-state index in [-0.39, 0.29) is 11.7 Å². The van der Waals surface area contributed by atoms with Gasteiger partial charge in [0.1, 0.15) is 0 Å². The normalized spacial score (nSPS) is 11.2. The van der Waals surface area contributed by atoms with Crippen LogP contribution in [-0.4, -0.2) is 42.4 Å². The fraction of sp³-hybridized carbons (Fsp3) is 0.200. The molecule has 3 aromatic heterocycles. The summed E-state index contributed by atoms with van der Waals surface area (Å²) in [6.07, 6.45) is 4.88. The Kier molecular flexibility index (Phi) is 4.80. The van der Waals surface area contributed by atoms with Crippen LogP contribution in [0.5, 0.6) is 0 Å². The number of nitrogens with zero attached hydrogens (tertiary/aromatic N) is 6. The Labute approximate surface area is 142 Å². The maximum Gasteiger partial charge on any atom is 0.253 e. The number of aromatic nitrogens is 5. The Morgan fingerprint density at radius 2 is 2.12 bits per heavy atom. The maximum absolute atomic E-state index is 11.8. The highest BCUT2D eigenvalue weighted by molar-refractivity contribution is 7.99. The number of rotatable bonds is 5. The van der Waals surface area contributed by atoms with Crippen molar-refractivity contribution in [3.63, 3.8) is 0 Å². The fourth-order valence-corrected chi connectivity index (χ4v) is 2.61. The van der Waals surface area contributed by atoms with E-state index in [4.69, 9.17) is 0 Å². The Balaban J connectivity index is 1.56. The summed E-state index contributed by atoms with van der Waals surface area (Å²) in [4.78, 5) is 24.3. The molecule has 24 heavy (non-hydrogen) atoms. The van der Waals surface area contributed by atoms with Gasteiger partial charge in [0, 0.05) is 23.8 Å². The predicted molar refractivity (Wildman–Crippen MR) is 91.0 cm³/mol. The van der Waals surface area contributed by atoms with E-state index in [1.807, 2.05) is 19.9 Å². The highest BCUT2D eigenvalue weighted by Crippen LogP contribution is 2.14. The van der Waals surface area contributed by atoms with Crippen LogP contribution in [0, 0.1) is 13.8 Å². The lowest BCUT2D eigenvalue weighted by Crippen LogP contribution is -2.19. The molecule has 0 atom stereocenters. The first kappa shape index (κ1) is 16.1. The lowest BCUT2D eigenvalue weighted by molar-refractivity contribution is -0.118. The Morgan fingerprint density at radius 3 is 2.92 bits per heavy atom. The van der Waals surface area contributed by atoms with E-state index >= 15 is 0 Å². The topological polar surface area (TPSA) is 97.4 Å². The van der Waals surface area contributed by atoms with E-state index < -0.39 is 0 Å². The fourth-order valence-electron chi connectivity index (χ4n) is 2.00. The van der Waals surface area contributed by atoms with Gasteiger partial charge in [0.15, 0.2) is 0 Å². The number of amides is 1. The molecule has 3 heterocycles. The molecule has 0 aliphatic carbocycles. The number of aryl methyl sites for hydroxylation is 2. The molecule has 0 saturated heterocycles. The van der Waals surface area contributed by atoms with Gasteiger partial charge in [0.05, 0.1) is 12.0 Å². The summed E-state index contributed by atoms with van der Waals surface area (Å²) in [5.74, 6) is 0.471. The zero-order chi connectivity index (χ0) is 16.9. The molecule has 0 aliphatic rings. The lowest BCUT2D eigenvalue weighted by atomic mass is 10.3. The van der Waals surface area contributed by atoms with Crippen molar-refractivity contribution in [3.05, 3.63) is 47.5 Å². The molecule has 0 spiro atoms. The molecule has 0 aromatic carbocycles. The summed E-state index contributed by atoms with van der Waals surface area (Å²) in [6.45, 7) is 3.84. The first-order valence-electron chi connectivity index (χ1n) is 7.17. The van der Waals surface area contributed by atoms with Gasteiger partial charge < -0.3 is 0 Å². The number of hydrazone groups is 1. The van der Waals surface area contributed by atoms with Crippen LogP contribution in [-0.2, 0) is 4.79 Å². The van der Waals surface area contributed by atoms with E-state index in [0.717, 1.165) is 17.0 Å². The van der Waals surface area contributed by atoms with Crippen LogP contribution in [0.3, 0.4) is 0 Å². The molecular weight excluding hydrogens is 326 g/mol. The summed E-state index contributed by atoms with van der Waals surface area (Å²) in [5.41, 5.74) is 5.15. The summed E-state index contributed by atoms with van der Waals surface area (Å²) in [7, 11) is 0. The molecule has 0 fully saturated rings. The number of pyridine rings is 1. The Bertz CT molecular complexity index is 891. The summed E-state index contributed by atoms with van der Waals surface area (Å²) < 4.78 is 1.66. The van der Waals surface area contributed by atoms with Crippen molar-refractivity contribution in [1.29, 1.82) is 0 Å². The van der Waals surface area contributed by atoms with Gasteiger partial charge in [-0.05, 0) is 37.6 Å². The highest BCUT2D eigenvalue weighted by Gasteiger charge is 2.10. The van der Waals surface area contributed by atoms with E-state index in [2.05, 4.69) is 30.6 Å². The van der Waals surface area contributed by atoms with E-state index in [1.165, 1.54) is 11.8 Å². The minimum absolute atomic E-state index is 0.169. The van der Waals surface area contributed by atoms with Crippen molar-refractivity contribution in [2.75, 3.05) is 5.75 Å². The monoisotopic (exact) mass is 341 g/mol. The van der Waals surface area contributed by atoms with Gasteiger partial charge in [-0.25, -0.2) is 14.9 Å². The smallest absolute Gasteiger partial charge is 0.253 e. The largest absolute Gasteiger partial charge is 0.272 e. The molecular formula is C15H15N7OS. The molecule has 1 N–H and O–H groups in total. The molecule has 1 amide bonds. The third-order valence-electron chi connectivity index (χ3n) is 3.04. The van der Waals surface area contributed by atoms with Crippen molar-refractivity contribution >= 4 is 29.7 Å². The van der Waals surface area contributed by atoms with Crippen LogP contribution < -0.4 is 5.43 Å².